The fourth-order valence-corrected chi connectivity index (χ4v) is 2.91. The van der Waals surface area contributed by atoms with Crippen molar-refractivity contribution in [1.82, 2.24) is 10.2 Å². The predicted octanol–water partition coefficient (Wildman–Crippen LogP) is 1.10. The van der Waals surface area contributed by atoms with Gasteiger partial charge in [0.05, 0.1) is 11.1 Å². The first-order valence-corrected chi connectivity index (χ1v) is 6.85. The highest BCUT2D eigenvalue weighted by Gasteiger charge is 2.34. The average molecular weight is 273 g/mol. The van der Waals surface area contributed by atoms with Crippen LogP contribution in [-0.4, -0.2) is 48.9 Å². The summed E-state index contributed by atoms with van der Waals surface area (Å²) in [5, 5.41) is 3.46. The van der Waals surface area contributed by atoms with Gasteiger partial charge in [0.1, 0.15) is 0 Å². The molecule has 0 saturated carbocycles. The van der Waals surface area contributed by atoms with Crippen LogP contribution in [0.5, 0.6) is 0 Å². The van der Waals surface area contributed by atoms with Gasteiger partial charge in [-0.2, -0.15) is 0 Å². The van der Waals surface area contributed by atoms with E-state index in [2.05, 4.69) is 24.1 Å². The molecule has 1 aromatic carbocycles. The van der Waals surface area contributed by atoms with E-state index in [-0.39, 0.29) is 17.4 Å². The number of carbonyl (C=O) groups excluding carboxylic acids is 2. The number of nitrogens with one attached hydrogen (secondary N) is 1. The van der Waals surface area contributed by atoms with Crippen molar-refractivity contribution in [2.75, 3.05) is 31.6 Å². The number of fused-ring (bicyclic) bond motifs is 1. The monoisotopic (exact) mass is 273 g/mol. The van der Waals surface area contributed by atoms with E-state index in [9.17, 15) is 9.59 Å². The number of nitrogens with zero attached hydrogens (tertiary/aromatic N) is 2. The summed E-state index contributed by atoms with van der Waals surface area (Å²) in [6, 6.07) is 5.55. The maximum atomic E-state index is 12.0. The lowest BCUT2D eigenvalue weighted by atomic mass is 10.0. The van der Waals surface area contributed by atoms with E-state index in [1.54, 1.807) is 6.07 Å². The summed E-state index contributed by atoms with van der Waals surface area (Å²) in [6.07, 6.45) is 0. The molecule has 0 aliphatic carbocycles. The summed E-state index contributed by atoms with van der Waals surface area (Å²) in [5.41, 5.74) is 2.09. The van der Waals surface area contributed by atoms with Gasteiger partial charge in [-0.05, 0) is 32.0 Å². The van der Waals surface area contributed by atoms with Crippen LogP contribution in [0.1, 0.15) is 34.6 Å². The number of amides is 2. The molecular weight excluding hydrogens is 254 g/mol. The molecule has 5 heteroatoms. The first-order valence-electron chi connectivity index (χ1n) is 6.85. The zero-order valence-corrected chi connectivity index (χ0v) is 12.1. The van der Waals surface area contributed by atoms with Crippen LogP contribution in [0.15, 0.2) is 18.2 Å². The van der Waals surface area contributed by atoms with Crippen molar-refractivity contribution in [3.63, 3.8) is 0 Å². The van der Waals surface area contributed by atoms with E-state index in [0.717, 1.165) is 25.3 Å². The lowest BCUT2D eigenvalue weighted by molar-refractivity contribution is 0.0693. The van der Waals surface area contributed by atoms with Gasteiger partial charge in [0, 0.05) is 37.9 Å². The molecule has 1 N–H and O–H groups in total. The molecule has 2 aliphatic rings. The topological polar surface area (TPSA) is 52.7 Å². The third-order valence-corrected chi connectivity index (χ3v) is 4.01. The molecule has 1 aromatic rings. The molecule has 2 heterocycles. The molecule has 0 atom stereocenters. The normalized spacial score (nSPS) is 21.4. The van der Waals surface area contributed by atoms with Crippen molar-refractivity contribution in [3.05, 3.63) is 29.3 Å². The summed E-state index contributed by atoms with van der Waals surface area (Å²) in [7, 11) is 1.53. The Morgan fingerprint density at radius 3 is 2.55 bits per heavy atom. The fourth-order valence-electron chi connectivity index (χ4n) is 2.91. The third kappa shape index (κ3) is 1.98. The van der Waals surface area contributed by atoms with Gasteiger partial charge < -0.3 is 10.2 Å². The number of hydrogen-bond acceptors (Lipinski definition) is 4. The van der Waals surface area contributed by atoms with Gasteiger partial charge >= 0.3 is 0 Å². The van der Waals surface area contributed by atoms with Gasteiger partial charge in [0.25, 0.3) is 11.8 Å². The first-order chi connectivity index (χ1) is 9.39. The van der Waals surface area contributed by atoms with Gasteiger partial charge in [-0.25, -0.2) is 0 Å². The predicted molar refractivity (Wildman–Crippen MR) is 77.2 cm³/mol. The van der Waals surface area contributed by atoms with Gasteiger partial charge in [-0.3, -0.25) is 14.5 Å². The van der Waals surface area contributed by atoms with Crippen molar-refractivity contribution in [2.24, 2.45) is 0 Å². The Bertz CT molecular complexity index is 595. The van der Waals surface area contributed by atoms with E-state index in [1.165, 1.54) is 11.9 Å². The van der Waals surface area contributed by atoms with Crippen molar-refractivity contribution in [1.29, 1.82) is 0 Å². The SMILES string of the molecule is CN1C(=O)c2ccc(N3CCNC(C)(C)C3)cc2C1=O. The van der Waals surface area contributed by atoms with Crippen molar-refractivity contribution < 1.29 is 9.59 Å². The first kappa shape index (κ1) is 13.1. The van der Waals surface area contributed by atoms with Gasteiger partial charge in [-0.1, -0.05) is 0 Å². The fraction of sp³-hybridized carbons (Fsp3) is 0.467. The highest BCUT2D eigenvalue weighted by molar-refractivity contribution is 6.21. The second-order valence-corrected chi connectivity index (χ2v) is 6.13. The summed E-state index contributed by atoms with van der Waals surface area (Å²) in [5.74, 6) is -0.418. The smallest absolute Gasteiger partial charge is 0.261 e. The lowest BCUT2D eigenvalue weighted by Gasteiger charge is -2.40. The summed E-state index contributed by atoms with van der Waals surface area (Å²) < 4.78 is 0. The quantitative estimate of drug-likeness (QED) is 0.779. The number of rotatable bonds is 1. The standard InChI is InChI=1S/C15H19N3O2/c1-15(2)9-18(7-6-16-15)10-4-5-11-12(8-10)14(20)17(3)13(11)19/h4-5,8,16H,6-7,9H2,1-3H3. The number of benzene rings is 1. The summed E-state index contributed by atoms with van der Waals surface area (Å²) in [6.45, 7) is 7.02. The zero-order chi connectivity index (χ0) is 14.5. The number of piperazine rings is 1. The Morgan fingerprint density at radius 2 is 1.85 bits per heavy atom. The van der Waals surface area contributed by atoms with Crippen LogP contribution in [0, 0.1) is 0 Å². The number of anilines is 1. The van der Waals surface area contributed by atoms with Gasteiger partial charge in [0.15, 0.2) is 0 Å². The Hall–Kier alpha value is -1.88. The molecule has 1 saturated heterocycles. The molecule has 2 aliphatic heterocycles. The summed E-state index contributed by atoms with van der Waals surface area (Å²) >= 11 is 0. The molecule has 20 heavy (non-hydrogen) atoms. The van der Waals surface area contributed by atoms with Crippen LogP contribution in [0.25, 0.3) is 0 Å². The number of hydrogen-bond donors (Lipinski definition) is 1. The van der Waals surface area contributed by atoms with Crippen LogP contribution >= 0.6 is 0 Å². The van der Waals surface area contributed by atoms with Crippen molar-refractivity contribution in [2.45, 2.75) is 19.4 Å². The van der Waals surface area contributed by atoms with E-state index in [4.69, 9.17) is 0 Å². The number of carbonyl (C=O) groups is 2. The molecule has 1 fully saturated rings. The Balaban J connectivity index is 1.94. The molecule has 0 unspecified atom stereocenters. The van der Waals surface area contributed by atoms with Crippen LogP contribution in [0.3, 0.4) is 0 Å². The maximum absolute atomic E-state index is 12.0. The van der Waals surface area contributed by atoms with Crippen molar-refractivity contribution >= 4 is 17.5 Å². The Kier molecular flexibility index (Phi) is 2.83. The molecule has 0 aromatic heterocycles. The maximum Gasteiger partial charge on any atom is 0.261 e. The van der Waals surface area contributed by atoms with E-state index >= 15 is 0 Å². The zero-order valence-electron chi connectivity index (χ0n) is 12.1. The highest BCUT2D eigenvalue weighted by Crippen LogP contribution is 2.28. The van der Waals surface area contributed by atoms with Crippen LogP contribution in [0.4, 0.5) is 5.69 Å². The molecular formula is C15H19N3O2. The van der Waals surface area contributed by atoms with Crippen LogP contribution < -0.4 is 10.2 Å². The molecule has 3 rings (SSSR count). The second-order valence-electron chi connectivity index (χ2n) is 6.13. The van der Waals surface area contributed by atoms with E-state index in [0.29, 0.717) is 11.1 Å². The summed E-state index contributed by atoms with van der Waals surface area (Å²) in [4.78, 5) is 27.4. The van der Waals surface area contributed by atoms with E-state index < -0.39 is 0 Å². The van der Waals surface area contributed by atoms with Crippen LogP contribution in [0.2, 0.25) is 0 Å². The molecule has 0 radical (unpaired) electrons. The average Bonchev–Trinajstić information content (AvgIpc) is 2.62. The molecule has 0 spiro atoms. The van der Waals surface area contributed by atoms with Crippen LogP contribution in [-0.2, 0) is 0 Å². The Labute approximate surface area is 118 Å². The molecule has 106 valence electrons. The van der Waals surface area contributed by atoms with Gasteiger partial charge in [0.2, 0.25) is 0 Å². The minimum Gasteiger partial charge on any atom is -0.368 e. The minimum atomic E-state index is -0.211. The molecule has 0 bridgehead atoms. The van der Waals surface area contributed by atoms with Crippen molar-refractivity contribution in [3.8, 4) is 0 Å². The molecule has 5 nitrogen and oxygen atoms in total. The number of imide groups is 1. The van der Waals surface area contributed by atoms with E-state index in [1.807, 2.05) is 12.1 Å². The van der Waals surface area contributed by atoms with Gasteiger partial charge in [-0.15, -0.1) is 0 Å². The molecule has 2 amide bonds. The Morgan fingerprint density at radius 1 is 1.15 bits per heavy atom. The third-order valence-electron chi connectivity index (χ3n) is 4.01. The lowest BCUT2D eigenvalue weighted by Crippen LogP contribution is -2.57. The minimum absolute atomic E-state index is 0.0495. The largest absolute Gasteiger partial charge is 0.368 e. The highest BCUT2D eigenvalue weighted by atomic mass is 16.2. The second kappa shape index (κ2) is 4.31.